The lowest BCUT2D eigenvalue weighted by molar-refractivity contribution is 0.0940. The van der Waals surface area contributed by atoms with Crippen LogP contribution in [0.5, 0.6) is 0 Å². The first kappa shape index (κ1) is 15.1. The SMILES string of the molecule is CC(NC(=O)c1ccc(N)c(Br)c1)c1ccc(Br)cc1. The Morgan fingerprint density at radius 2 is 1.80 bits per heavy atom. The van der Waals surface area contributed by atoms with Gasteiger partial charge in [-0.15, -0.1) is 0 Å². The molecule has 3 nitrogen and oxygen atoms in total. The molecule has 2 aromatic carbocycles. The molecule has 1 unspecified atom stereocenters. The fourth-order valence-electron chi connectivity index (χ4n) is 1.78. The molecule has 0 fully saturated rings. The molecule has 0 aliphatic carbocycles. The number of rotatable bonds is 3. The zero-order valence-electron chi connectivity index (χ0n) is 10.9. The second kappa shape index (κ2) is 6.41. The van der Waals surface area contributed by atoms with Crippen LogP contribution >= 0.6 is 31.9 Å². The van der Waals surface area contributed by atoms with E-state index >= 15 is 0 Å². The summed E-state index contributed by atoms with van der Waals surface area (Å²) >= 11 is 6.72. The number of carbonyl (C=O) groups is 1. The molecule has 20 heavy (non-hydrogen) atoms. The van der Waals surface area contributed by atoms with Crippen molar-refractivity contribution in [2.24, 2.45) is 0 Å². The van der Waals surface area contributed by atoms with Gasteiger partial charge in [0.2, 0.25) is 0 Å². The van der Waals surface area contributed by atoms with Gasteiger partial charge >= 0.3 is 0 Å². The maximum absolute atomic E-state index is 12.2. The summed E-state index contributed by atoms with van der Waals surface area (Å²) in [6.07, 6.45) is 0. The largest absolute Gasteiger partial charge is 0.398 e. The molecule has 0 aliphatic rings. The Labute approximate surface area is 134 Å². The standard InChI is InChI=1S/C15H14Br2N2O/c1-9(10-2-5-12(16)6-3-10)19-15(20)11-4-7-14(18)13(17)8-11/h2-9H,18H2,1H3,(H,19,20). The molecule has 0 saturated heterocycles. The van der Waals surface area contributed by atoms with Crippen molar-refractivity contribution in [1.82, 2.24) is 5.32 Å². The average Bonchev–Trinajstić information content (AvgIpc) is 2.42. The van der Waals surface area contributed by atoms with Crippen molar-refractivity contribution in [2.45, 2.75) is 13.0 Å². The van der Waals surface area contributed by atoms with Gasteiger partial charge in [0.25, 0.3) is 5.91 Å². The van der Waals surface area contributed by atoms with Crippen molar-refractivity contribution in [3.05, 3.63) is 62.5 Å². The van der Waals surface area contributed by atoms with Crippen molar-refractivity contribution in [3.8, 4) is 0 Å². The Morgan fingerprint density at radius 1 is 1.15 bits per heavy atom. The topological polar surface area (TPSA) is 55.1 Å². The molecule has 0 bridgehead atoms. The number of amides is 1. The van der Waals surface area contributed by atoms with Crippen LogP contribution in [-0.4, -0.2) is 5.91 Å². The maximum Gasteiger partial charge on any atom is 0.251 e. The van der Waals surface area contributed by atoms with Crippen LogP contribution in [0.25, 0.3) is 0 Å². The van der Waals surface area contributed by atoms with Crippen molar-refractivity contribution >= 4 is 43.5 Å². The number of nitrogens with two attached hydrogens (primary N) is 1. The molecule has 0 spiro atoms. The molecule has 104 valence electrons. The quantitative estimate of drug-likeness (QED) is 0.759. The van der Waals surface area contributed by atoms with Gasteiger partial charge in [-0.25, -0.2) is 0 Å². The van der Waals surface area contributed by atoms with E-state index in [0.717, 1.165) is 14.5 Å². The van der Waals surface area contributed by atoms with Crippen molar-refractivity contribution in [1.29, 1.82) is 0 Å². The summed E-state index contributed by atoms with van der Waals surface area (Å²) in [4.78, 5) is 12.2. The number of carbonyl (C=O) groups excluding carboxylic acids is 1. The second-order valence-corrected chi connectivity index (χ2v) is 6.25. The Balaban J connectivity index is 2.10. The summed E-state index contributed by atoms with van der Waals surface area (Å²) < 4.78 is 1.74. The number of hydrogen-bond donors (Lipinski definition) is 2. The molecule has 1 atom stereocenters. The Morgan fingerprint density at radius 3 is 2.40 bits per heavy atom. The molecule has 2 aromatic rings. The van der Waals surface area contributed by atoms with E-state index in [4.69, 9.17) is 5.73 Å². The van der Waals surface area contributed by atoms with Crippen molar-refractivity contribution in [3.63, 3.8) is 0 Å². The number of nitrogens with one attached hydrogen (secondary N) is 1. The molecule has 5 heteroatoms. The molecule has 0 aliphatic heterocycles. The Kier molecular flexibility index (Phi) is 4.83. The summed E-state index contributed by atoms with van der Waals surface area (Å²) in [7, 11) is 0. The summed E-state index contributed by atoms with van der Waals surface area (Å²) in [5, 5.41) is 2.96. The van der Waals surface area contributed by atoms with Gasteiger partial charge in [-0.2, -0.15) is 0 Å². The normalized spacial score (nSPS) is 11.9. The summed E-state index contributed by atoms with van der Waals surface area (Å²) in [6, 6.07) is 13.0. The minimum atomic E-state index is -0.124. The van der Waals surface area contributed by atoms with Crippen molar-refractivity contribution in [2.75, 3.05) is 5.73 Å². The summed E-state index contributed by atoms with van der Waals surface area (Å²) in [5.74, 6) is -0.124. The first-order valence-corrected chi connectivity index (χ1v) is 7.67. The smallest absolute Gasteiger partial charge is 0.251 e. The van der Waals surface area contributed by atoms with Gasteiger partial charge in [0, 0.05) is 20.2 Å². The van der Waals surface area contributed by atoms with Crippen LogP contribution in [0, 0.1) is 0 Å². The highest BCUT2D eigenvalue weighted by molar-refractivity contribution is 9.10. The van der Waals surface area contributed by atoms with E-state index < -0.39 is 0 Å². The lowest BCUT2D eigenvalue weighted by atomic mass is 10.1. The zero-order valence-corrected chi connectivity index (χ0v) is 14.0. The van der Waals surface area contributed by atoms with E-state index in [0.29, 0.717) is 11.3 Å². The molecule has 0 aromatic heterocycles. The average molecular weight is 398 g/mol. The number of benzene rings is 2. The molecule has 1 amide bonds. The Bertz CT molecular complexity index is 626. The van der Waals surface area contributed by atoms with E-state index in [2.05, 4.69) is 37.2 Å². The van der Waals surface area contributed by atoms with E-state index in [1.165, 1.54) is 0 Å². The highest BCUT2D eigenvalue weighted by Crippen LogP contribution is 2.21. The van der Waals surface area contributed by atoms with Crippen LogP contribution < -0.4 is 11.1 Å². The monoisotopic (exact) mass is 396 g/mol. The molecular formula is C15H14Br2N2O. The maximum atomic E-state index is 12.2. The third-order valence-electron chi connectivity index (χ3n) is 2.98. The second-order valence-electron chi connectivity index (χ2n) is 4.48. The highest BCUT2D eigenvalue weighted by Gasteiger charge is 2.12. The minimum Gasteiger partial charge on any atom is -0.398 e. The molecule has 0 saturated carbocycles. The summed E-state index contributed by atoms with van der Waals surface area (Å²) in [6.45, 7) is 1.95. The van der Waals surface area contributed by atoms with Gasteiger partial charge in [-0.1, -0.05) is 28.1 Å². The van der Waals surface area contributed by atoms with Crippen LogP contribution in [-0.2, 0) is 0 Å². The van der Waals surface area contributed by atoms with Crippen LogP contribution in [0.3, 0.4) is 0 Å². The van der Waals surface area contributed by atoms with Gasteiger partial charge in [0.1, 0.15) is 0 Å². The van der Waals surface area contributed by atoms with Gasteiger partial charge in [-0.3, -0.25) is 4.79 Å². The van der Waals surface area contributed by atoms with E-state index in [-0.39, 0.29) is 11.9 Å². The van der Waals surface area contributed by atoms with Crippen LogP contribution in [0.15, 0.2) is 51.4 Å². The predicted molar refractivity (Wildman–Crippen MR) is 88.6 cm³/mol. The Hall–Kier alpha value is -1.33. The number of hydrogen-bond acceptors (Lipinski definition) is 2. The number of nitrogen functional groups attached to an aromatic ring is 1. The zero-order chi connectivity index (χ0) is 14.7. The molecule has 3 N–H and O–H groups in total. The first-order valence-electron chi connectivity index (χ1n) is 6.08. The third-order valence-corrected chi connectivity index (χ3v) is 4.20. The van der Waals surface area contributed by atoms with Gasteiger partial charge < -0.3 is 11.1 Å². The summed E-state index contributed by atoms with van der Waals surface area (Å²) in [5.41, 5.74) is 7.96. The minimum absolute atomic E-state index is 0.0630. The number of halogens is 2. The molecular weight excluding hydrogens is 384 g/mol. The van der Waals surface area contributed by atoms with Gasteiger partial charge in [0.05, 0.1) is 6.04 Å². The van der Waals surface area contributed by atoms with E-state index in [1.807, 2.05) is 31.2 Å². The lowest BCUT2D eigenvalue weighted by Crippen LogP contribution is -2.26. The first-order chi connectivity index (χ1) is 9.47. The number of anilines is 1. The van der Waals surface area contributed by atoms with E-state index in [9.17, 15) is 4.79 Å². The third kappa shape index (κ3) is 3.61. The van der Waals surface area contributed by atoms with Gasteiger partial charge in [0.15, 0.2) is 0 Å². The van der Waals surface area contributed by atoms with Crippen LogP contribution in [0.4, 0.5) is 5.69 Å². The van der Waals surface area contributed by atoms with Crippen molar-refractivity contribution < 1.29 is 4.79 Å². The highest BCUT2D eigenvalue weighted by atomic mass is 79.9. The predicted octanol–water partition coefficient (Wildman–Crippen LogP) is 4.28. The molecule has 0 radical (unpaired) electrons. The van der Waals surface area contributed by atoms with Gasteiger partial charge in [-0.05, 0) is 58.7 Å². The fourth-order valence-corrected chi connectivity index (χ4v) is 2.43. The van der Waals surface area contributed by atoms with Crippen LogP contribution in [0.2, 0.25) is 0 Å². The van der Waals surface area contributed by atoms with E-state index in [1.54, 1.807) is 18.2 Å². The molecule has 2 rings (SSSR count). The fraction of sp³-hybridized carbons (Fsp3) is 0.133. The molecule has 0 heterocycles. The lowest BCUT2D eigenvalue weighted by Gasteiger charge is -2.15. The van der Waals surface area contributed by atoms with Crippen LogP contribution in [0.1, 0.15) is 28.9 Å².